The van der Waals surface area contributed by atoms with Gasteiger partial charge < -0.3 is 10.1 Å². The second-order valence-electron chi connectivity index (χ2n) is 4.16. The zero-order valence-corrected chi connectivity index (χ0v) is 14.6. The fourth-order valence-corrected chi connectivity index (χ4v) is 2.58. The maximum Gasteiger partial charge on any atom is 0.337 e. The largest absolute Gasteiger partial charge is 0.465 e. The molecule has 1 N–H and O–H groups in total. The van der Waals surface area contributed by atoms with Crippen molar-refractivity contribution in [3.05, 3.63) is 61.6 Å². The molecule has 0 atom stereocenters. The number of anilines is 1. The van der Waals surface area contributed by atoms with Crippen molar-refractivity contribution in [2.75, 3.05) is 12.4 Å². The van der Waals surface area contributed by atoms with Gasteiger partial charge in [-0.3, -0.25) is 0 Å². The summed E-state index contributed by atoms with van der Waals surface area (Å²) in [5.41, 5.74) is 2.68. The molecule has 20 heavy (non-hydrogen) atoms. The molecule has 104 valence electrons. The van der Waals surface area contributed by atoms with Crippen LogP contribution in [0.2, 0.25) is 0 Å². The van der Waals surface area contributed by atoms with Crippen molar-refractivity contribution in [3.63, 3.8) is 0 Å². The van der Waals surface area contributed by atoms with Crippen LogP contribution in [0.1, 0.15) is 15.9 Å². The van der Waals surface area contributed by atoms with Crippen LogP contribution in [0, 0.1) is 3.57 Å². The van der Waals surface area contributed by atoms with Crippen molar-refractivity contribution in [1.29, 1.82) is 0 Å². The highest BCUT2D eigenvalue weighted by Crippen LogP contribution is 2.21. The molecule has 0 aliphatic carbocycles. The molecule has 0 fully saturated rings. The summed E-state index contributed by atoms with van der Waals surface area (Å²) < 4.78 is 6.79. The van der Waals surface area contributed by atoms with E-state index >= 15 is 0 Å². The zero-order chi connectivity index (χ0) is 14.5. The second kappa shape index (κ2) is 7.08. The van der Waals surface area contributed by atoms with E-state index < -0.39 is 0 Å². The molecule has 0 spiro atoms. The van der Waals surface area contributed by atoms with Crippen LogP contribution in [0.3, 0.4) is 0 Å². The summed E-state index contributed by atoms with van der Waals surface area (Å²) >= 11 is 5.76. The molecular formula is C15H13BrINO2. The van der Waals surface area contributed by atoms with Crippen LogP contribution in [-0.2, 0) is 11.3 Å². The number of methoxy groups -OCH3 is 1. The maximum absolute atomic E-state index is 11.4. The van der Waals surface area contributed by atoms with Gasteiger partial charge in [0.2, 0.25) is 0 Å². The van der Waals surface area contributed by atoms with E-state index in [1.807, 2.05) is 18.2 Å². The minimum Gasteiger partial charge on any atom is -0.465 e. The molecule has 0 saturated heterocycles. The van der Waals surface area contributed by atoms with Gasteiger partial charge in [-0.15, -0.1) is 0 Å². The highest BCUT2D eigenvalue weighted by atomic mass is 127. The van der Waals surface area contributed by atoms with Crippen molar-refractivity contribution >= 4 is 50.2 Å². The van der Waals surface area contributed by atoms with Crippen molar-refractivity contribution in [1.82, 2.24) is 0 Å². The molecule has 3 nitrogen and oxygen atoms in total. The lowest BCUT2D eigenvalue weighted by atomic mass is 10.1. The van der Waals surface area contributed by atoms with E-state index in [0.717, 1.165) is 15.7 Å². The standard InChI is InChI=1S/C15H13BrINO2/c1-20-15(19)10-2-3-11(14(16)8-10)9-18-13-6-4-12(17)5-7-13/h2-8,18H,9H2,1H3. The van der Waals surface area contributed by atoms with Crippen molar-refractivity contribution in [3.8, 4) is 0 Å². The Morgan fingerprint density at radius 3 is 2.55 bits per heavy atom. The van der Waals surface area contributed by atoms with Crippen LogP contribution in [0.5, 0.6) is 0 Å². The quantitative estimate of drug-likeness (QED) is 0.558. The monoisotopic (exact) mass is 445 g/mol. The summed E-state index contributed by atoms with van der Waals surface area (Å²) in [4.78, 5) is 11.4. The molecule has 0 aliphatic rings. The van der Waals surface area contributed by atoms with Crippen LogP contribution < -0.4 is 5.32 Å². The Hall–Kier alpha value is -1.08. The SMILES string of the molecule is COC(=O)c1ccc(CNc2ccc(I)cc2)c(Br)c1. The van der Waals surface area contributed by atoms with Crippen LogP contribution >= 0.6 is 38.5 Å². The van der Waals surface area contributed by atoms with Gasteiger partial charge >= 0.3 is 5.97 Å². The second-order valence-corrected chi connectivity index (χ2v) is 6.26. The Balaban J connectivity index is 2.06. The smallest absolute Gasteiger partial charge is 0.337 e. The number of hydrogen-bond donors (Lipinski definition) is 1. The third-order valence-electron chi connectivity index (χ3n) is 2.80. The predicted molar refractivity (Wildman–Crippen MR) is 92.0 cm³/mol. The molecule has 0 saturated carbocycles. The van der Waals surface area contributed by atoms with Gasteiger partial charge in [-0.1, -0.05) is 22.0 Å². The van der Waals surface area contributed by atoms with Crippen molar-refractivity contribution < 1.29 is 9.53 Å². The molecule has 0 radical (unpaired) electrons. The fraction of sp³-hybridized carbons (Fsp3) is 0.133. The van der Waals surface area contributed by atoms with E-state index in [1.165, 1.54) is 10.7 Å². The van der Waals surface area contributed by atoms with Gasteiger partial charge in [0.25, 0.3) is 0 Å². The third-order valence-corrected chi connectivity index (χ3v) is 4.26. The first-order valence-electron chi connectivity index (χ1n) is 5.96. The Bertz CT molecular complexity index is 614. The minimum absolute atomic E-state index is 0.331. The predicted octanol–water partition coefficient (Wildman–Crippen LogP) is 4.45. The first-order valence-corrected chi connectivity index (χ1v) is 7.83. The van der Waals surface area contributed by atoms with Crippen molar-refractivity contribution in [2.24, 2.45) is 0 Å². The highest BCUT2D eigenvalue weighted by Gasteiger charge is 2.08. The number of carbonyl (C=O) groups excluding carboxylic acids is 1. The Kier molecular flexibility index (Phi) is 5.42. The lowest BCUT2D eigenvalue weighted by Crippen LogP contribution is -2.04. The molecule has 2 aromatic carbocycles. The first kappa shape index (κ1) is 15.3. The highest BCUT2D eigenvalue weighted by molar-refractivity contribution is 14.1. The molecule has 2 rings (SSSR count). The van der Waals surface area contributed by atoms with Crippen molar-refractivity contribution in [2.45, 2.75) is 6.54 Å². The van der Waals surface area contributed by atoms with Crippen LogP contribution in [0.25, 0.3) is 0 Å². The van der Waals surface area contributed by atoms with Gasteiger partial charge in [0.1, 0.15) is 0 Å². The van der Waals surface area contributed by atoms with Crippen LogP contribution in [0.4, 0.5) is 5.69 Å². The van der Waals surface area contributed by atoms with Gasteiger partial charge in [-0.25, -0.2) is 4.79 Å². The molecule has 0 unspecified atom stereocenters. The molecule has 0 heterocycles. The number of rotatable bonds is 4. The van der Waals surface area contributed by atoms with Gasteiger partial charge in [-0.05, 0) is 64.6 Å². The lowest BCUT2D eigenvalue weighted by Gasteiger charge is -2.09. The number of nitrogens with one attached hydrogen (secondary N) is 1. The number of halogens is 2. The Morgan fingerprint density at radius 1 is 1.25 bits per heavy atom. The summed E-state index contributed by atoms with van der Waals surface area (Å²) in [6.45, 7) is 0.683. The average molecular weight is 446 g/mol. The minimum atomic E-state index is -0.331. The van der Waals surface area contributed by atoms with Gasteiger partial charge in [0, 0.05) is 20.3 Å². The van der Waals surface area contributed by atoms with E-state index in [9.17, 15) is 4.79 Å². The maximum atomic E-state index is 11.4. The normalized spacial score (nSPS) is 10.2. The molecule has 5 heteroatoms. The molecular weight excluding hydrogens is 433 g/mol. The van der Waals surface area contributed by atoms with E-state index in [4.69, 9.17) is 4.74 Å². The topological polar surface area (TPSA) is 38.3 Å². The Labute approximate surface area is 140 Å². The molecule has 0 aromatic heterocycles. The lowest BCUT2D eigenvalue weighted by molar-refractivity contribution is 0.0600. The average Bonchev–Trinajstić information content (AvgIpc) is 2.46. The third kappa shape index (κ3) is 3.96. The molecule has 2 aromatic rings. The fourth-order valence-electron chi connectivity index (χ4n) is 1.70. The molecule has 0 amide bonds. The van der Waals surface area contributed by atoms with E-state index in [1.54, 1.807) is 12.1 Å². The number of benzene rings is 2. The van der Waals surface area contributed by atoms with Gasteiger partial charge in [-0.2, -0.15) is 0 Å². The number of ether oxygens (including phenoxy) is 1. The molecule has 0 bridgehead atoms. The summed E-state index contributed by atoms with van der Waals surface area (Å²) in [5, 5.41) is 3.34. The van der Waals surface area contributed by atoms with Crippen LogP contribution in [0.15, 0.2) is 46.9 Å². The summed E-state index contributed by atoms with van der Waals surface area (Å²) in [5.74, 6) is -0.331. The number of hydrogen-bond acceptors (Lipinski definition) is 3. The summed E-state index contributed by atoms with van der Waals surface area (Å²) in [6, 6.07) is 13.6. The number of carbonyl (C=O) groups is 1. The zero-order valence-electron chi connectivity index (χ0n) is 10.8. The number of esters is 1. The molecule has 0 aliphatic heterocycles. The first-order chi connectivity index (χ1) is 9.60. The van der Waals surface area contributed by atoms with E-state index in [2.05, 4.69) is 56.0 Å². The van der Waals surface area contributed by atoms with Crippen LogP contribution in [-0.4, -0.2) is 13.1 Å². The summed E-state index contributed by atoms with van der Waals surface area (Å²) in [6.07, 6.45) is 0. The van der Waals surface area contributed by atoms with E-state index in [-0.39, 0.29) is 5.97 Å². The van der Waals surface area contributed by atoms with E-state index in [0.29, 0.717) is 12.1 Å². The summed E-state index contributed by atoms with van der Waals surface area (Å²) in [7, 11) is 1.38. The van der Waals surface area contributed by atoms with Gasteiger partial charge in [0.05, 0.1) is 12.7 Å². The van der Waals surface area contributed by atoms with Gasteiger partial charge in [0.15, 0.2) is 0 Å². The Morgan fingerprint density at radius 2 is 1.95 bits per heavy atom.